The molecule has 1 aliphatic carbocycles. The van der Waals surface area contributed by atoms with Gasteiger partial charge in [0, 0.05) is 5.56 Å². The minimum Gasteiger partial charge on any atom is -0.494 e. The first-order chi connectivity index (χ1) is 11.2. The number of fused-ring (bicyclic) bond motifs is 2. The molecule has 116 valence electrons. The number of aryl methyl sites for hydroxylation is 1. The van der Waals surface area contributed by atoms with E-state index in [0.29, 0.717) is 5.92 Å². The normalized spacial score (nSPS) is 15.4. The van der Waals surface area contributed by atoms with Crippen LogP contribution in [0, 0.1) is 6.92 Å². The Hall–Kier alpha value is -2.08. The van der Waals surface area contributed by atoms with Gasteiger partial charge in [-0.05, 0) is 59.3 Å². The minimum atomic E-state index is 0.636. The molecule has 0 amide bonds. The van der Waals surface area contributed by atoms with Crippen molar-refractivity contribution in [1.29, 1.82) is 0 Å². The number of pyridine rings is 1. The Balaban J connectivity index is 1.91. The lowest BCUT2D eigenvalue weighted by atomic mass is 10.1. The number of hydrogen-bond donors (Lipinski definition) is 1. The summed E-state index contributed by atoms with van der Waals surface area (Å²) in [5.74, 6) is 2.48. The molecule has 1 aliphatic heterocycles. The number of methoxy groups -OCH3 is 1. The molecule has 0 unspecified atom stereocenters. The van der Waals surface area contributed by atoms with Crippen molar-refractivity contribution in [2.24, 2.45) is 0 Å². The van der Waals surface area contributed by atoms with Crippen LogP contribution in [0.1, 0.15) is 29.9 Å². The maximum atomic E-state index is 5.59. The summed E-state index contributed by atoms with van der Waals surface area (Å²) in [6.07, 6.45) is 4.39. The molecule has 2 aliphatic rings. The molecule has 1 fully saturated rings. The molecule has 1 aromatic carbocycles. The van der Waals surface area contributed by atoms with Gasteiger partial charge in [0.05, 0.1) is 11.6 Å². The van der Waals surface area contributed by atoms with Crippen molar-refractivity contribution in [2.45, 2.75) is 25.7 Å². The van der Waals surface area contributed by atoms with Gasteiger partial charge in [-0.3, -0.25) is 5.32 Å². The minimum absolute atomic E-state index is 0.636. The quantitative estimate of drug-likeness (QED) is 0.547. The van der Waals surface area contributed by atoms with E-state index in [-0.39, 0.29) is 0 Å². The molecule has 5 nitrogen and oxygen atoms in total. The maximum Gasteiger partial charge on any atom is 0.290 e. The van der Waals surface area contributed by atoms with E-state index in [4.69, 9.17) is 9.72 Å². The molecule has 6 heteroatoms. The predicted molar refractivity (Wildman–Crippen MR) is 91.0 cm³/mol. The number of aromatic nitrogens is 3. The second-order valence-corrected chi connectivity index (χ2v) is 7.08. The van der Waals surface area contributed by atoms with Crippen molar-refractivity contribution in [2.75, 3.05) is 12.4 Å². The van der Waals surface area contributed by atoms with E-state index in [1.807, 2.05) is 12.4 Å². The molecule has 3 heterocycles. The summed E-state index contributed by atoms with van der Waals surface area (Å²) in [5.41, 5.74) is 5.58. The van der Waals surface area contributed by atoms with Crippen LogP contribution in [0.4, 0.5) is 11.5 Å². The number of nitrogens with one attached hydrogen (secondary N) is 1. The van der Waals surface area contributed by atoms with Crippen molar-refractivity contribution < 1.29 is 9.25 Å². The van der Waals surface area contributed by atoms with E-state index < -0.39 is 0 Å². The number of anilines is 2. The number of ether oxygens (including phenoxy) is 1. The van der Waals surface area contributed by atoms with Crippen molar-refractivity contribution in [1.82, 2.24) is 9.67 Å². The van der Waals surface area contributed by atoms with E-state index in [1.165, 1.54) is 24.0 Å². The van der Waals surface area contributed by atoms with Crippen LogP contribution < -0.4 is 14.6 Å². The smallest absolute Gasteiger partial charge is 0.290 e. The summed E-state index contributed by atoms with van der Waals surface area (Å²) in [6, 6.07) is 6.29. The fourth-order valence-electron chi connectivity index (χ4n) is 3.41. The zero-order valence-corrected chi connectivity index (χ0v) is 14.5. The van der Waals surface area contributed by atoms with Crippen molar-refractivity contribution >= 4 is 33.1 Å². The second-order valence-electron chi connectivity index (χ2n) is 6.23. The molecule has 1 N–H and O–H groups in total. The van der Waals surface area contributed by atoms with Crippen LogP contribution in [0.25, 0.3) is 11.3 Å². The summed E-state index contributed by atoms with van der Waals surface area (Å²) in [5, 5.41) is 3.56. The topological polar surface area (TPSA) is 43.2 Å². The van der Waals surface area contributed by atoms with E-state index in [1.54, 1.807) is 7.11 Å². The van der Waals surface area contributed by atoms with E-state index in [2.05, 4.69) is 49.5 Å². The summed E-state index contributed by atoms with van der Waals surface area (Å²) < 4.78 is 10.9. The first-order valence-corrected chi connectivity index (χ1v) is 8.55. The van der Waals surface area contributed by atoms with Gasteiger partial charge in [0.15, 0.2) is 5.69 Å². The Morgan fingerprint density at radius 2 is 2.22 bits per heavy atom. The van der Waals surface area contributed by atoms with Gasteiger partial charge >= 0.3 is 0 Å². The summed E-state index contributed by atoms with van der Waals surface area (Å²) in [6.45, 7) is 2.10. The molecule has 0 spiro atoms. The highest BCUT2D eigenvalue weighted by Gasteiger charge is 2.36. The summed E-state index contributed by atoms with van der Waals surface area (Å²) >= 11 is 3.73. The van der Waals surface area contributed by atoms with Gasteiger partial charge in [-0.2, -0.15) is 4.68 Å². The molecule has 23 heavy (non-hydrogen) atoms. The Morgan fingerprint density at radius 3 is 2.96 bits per heavy atom. The van der Waals surface area contributed by atoms with Crippen LogP contribution in [-0.4, -0.2) is 16.8 Å². The molecule has 3 aromatic rings. The number of halogens is 1. The number of rotatable bonds is 2. The average molecular weight is 372 g/mol. The molecule has 1 saturated carbocycles. The largest absolute Gasteiger partial charge is 0.494 e. The number of benzene rings is 1. The van der Waals surface area contributed by atoms with Crippen molar-refractivity contribution in [3.63, 3.8) is 0 Å². The Bertz CT molecular complexity index is 975. The maximum absolute atomic E-state index is 5.59. The van der Waals surface area contributed by atoms with E-state index in [9.17, 15) is 0 Å². The van der Waals surface area contributed by atoms with Crippen LogP contribution in [-0.2, 0) is 0 Å². The van der Waals surface area contributed by atoms with Gasteiger partial charge in [0.25, 0.3) is 11.5 Å². The second kappa shape index (κ2) is 4.47. The molecule has 0 atom stereocenters. The van der Waals surface area contributed by atoms with Crippen LogP contribution >= 0.6 is 15.9 Å². The van der Waals surface area contributed by atoms with Crippen LogP contribution in [0.2, 0.25) is 0 Å². The van der Waals surface area contributed by atoms with Crippen LogP contribution in [0.15, 0.2) is 29.0 Å². The number of nitrogens with zero attached hydrogens (tertiary/aromatic N) is 3. The van der Waals surface area contributed by atoms with E-state index in [0.717, 1.165) is 33.1 Å². The third kappa shape index (κ3) is 1.72. The molecule has 0 saturated heterocycles. The zero-order chi connectivity index (χ0) is 15.7. The van der Waals surface area contributed by atoms with Gasteiger partial charge in [-0.25, -0.2) is 0 Å². The molecular formula is C17H16BrN4O+. The van der Waals surface area contributed by atoms with Crippen LogP contribution in [0.3, 0.4) is 0 Å². The lowest BCUT2D eigenvalue weighted by Gasteiger charge is -2.21. The number of hydrogen-bond acceptors (Lipinski definition) is 3. The van der Waals surface area contributed by atoms with Crippen molar-refractivity contribution in [3.8, 4) is 11.4 Å². The predicted octanol–water partition coefficient (Wildman–Crippen LogP) is 3.62. The van der Waals surface area contributed by atoms with Gasteiger partial charge < -0.3 is 4.74 Å². The molecule has 0 radical (unpaired) electrons. The fourth-order valence-corrected chi connectivity index (χ4v) is 3.92. The SMILES string of the molecule is COc1ccc(C)c2c1-n1cnc3c(C4CC4)cc(Br)c([n+]31)N2. The van der Waals surface area contributed by atoms with Crippen molar-refractivity contribution in [3.05, 3.63) is 40.1 Å². The highest BCUT2D eigenvalue weighted by Crippen LogP contribution is 2.44. The third-order valence-corrected chi connectivity index (χ3v) is 5.35. The van der Waals surface area contributed by atoms with Gasteiger partial charge in [0.2, 0.25) is 6.33 Å². The molecule has 0 bridgehead atoms. The average Bonchev–Trinajstić information content (AvgIpc) is 3.30. The van der Waals surface area contributed by atoms with Crippen LogP contribution in [0.5, 0.6) is 5.75 Å². The Kier molecular flexibility index (Phi) is 2.60. The highest BCUT2D eigenvalue weighted by atomic mass is 79.9. The standard InChI is InChI=1S/C17H15BrN4O/c1-9-3-6-13(23-2)15-14(9)20-17-12(18)7-11(10-4-5-10)16-19-8-21(15)22(16)17/h3,6-8,10H,4-5H2,1-2H3/p+1. The lowest BCUT2D eigenvalue weighted by Crippen LogP contribution is -2.39. The molecule has 2 aromatic heterocycles. The Labute approximate surface area is 142 Å². The first-order valence-electron chi connectivity index (χ1n) is 7.76. The first kappa shape index (κ1) is 13.4. The monoisotopic (exact) mass is 371 g/mol. The molecule has 5 rings (SSSR count). The lowest BCUT2D eigenvalue weighted by molar-refractivity contribution is -0.586. The van der Waals surface area contributed by atoms with Gasteiger partial charge in [0.1, 0.15) is 11.4 Å². The van der Waals surface area contributed by atoms with Gasteiger partial charge in [-0.1, -0.05) is 11.1 Å². The highest BCUT2D eigenvalue weighted by molar-refractivity contribution is 9.10. The summed E-state index contributed by atoms with van der Waals surface area (Å²) in [7, 11) is 1.70. The summed E-state index contributed by atoms with van der Waals surface area (Å²) in [4.78, 5) is 4.71. The third-order valence-electron chi connectivity index (χ3n) is 4.74. The fraction of sp³-hybridized carbons (Fsp3) is 0.294. The van der Waals surface area contributed by atoms with Gasteiger partial charge in [-0.15, -0.1) is 4.52 Å². The zero-order valence-electron chi connectivity index (χ0n) is 12.9. The Morgan fingerprint density at radius 1 is 1.39 bits per heavy atom. The molecular weight excluding hydrogens is 356 g/mol. The van der Waals surface area contributed by atoms with E-state index >= 15 is 0 Å².